The first-order chi connectivity index (χ1) is 4.72. The van der Waals surface area contributed by atoms with E-state index in [1.807, 2.05) is 0 Å². The van der Waals surface area contributed by atoms with E-state index in [-0.39, 0.29) is 5.83 Å². The van der Waals surface area contributed by atoms with Crippen LogP contribution in [-0.2, 0) is 0 Å². The Kier molecular flexibility index (Phi) is 5.22. The van der Waals surface area contributed by atoms with Gasteiger partial charge in [-0.15, -0.1) is 0 Å². The molecule has 2 heteroatoms. The number of unbranched alkanes of at least 4 members (excludes halogenated alkanes) is 1. The fourth-order valence-corrected chi connectivity index (χ4v) is 0.713. The van der Waals surface area contributed by atoms with E-state index >= 15 is 0 Å². The van der Waals surface area contributed by atoms with Gasteiger partial charge in [0.2, 0.25) is 0 Å². The van der Waals surface area contributed by atoms with E-state index in [0.29, 0.717) is 5.57 Å². The number of halogens is 1. The van der Waals surface area contributed by atoms with Gasteiger partial charge in [-0.25, -0.2) is 4.39 Å². The Labute approximate surface area is 61.6 Å². The van der Waals surface area contributed by atoms with Gasteiger partial charge in [0.15, 0.2) is 0 Å². The van der Waals surface area contributed by atoms with Crippen molar-refractivity contribution in [3.63, 3.8) is 0 Å². The van der Waals surface area contributed by atoms with Gasteiger partial charge >= 0.3 is 0 Å². The van der Waals surface area contributed by atoms with Crippen molar-refractivity contribution in [2.75, 3.05) is 6.61 Å². The molecular weight excluding hydrogens is 131 g/mol. The van der Waals surface area contributed by atoms with E-state index in [4.69, 9.17) is 5.11 Å². The summed E-state index contributed by atoms with van der Waals surface area (Å²) in [4.78, 5) is 0. The molecule has 0 amide bonds. The van der Waals surface area contributed by atoms with Crippen LogP contribution in [0.5, 0.6) is 0 Å². The minimum atomic E-state index is -0.449. The third-order valence-corrected chi connectivity index (χ3v) is 1.51. The Hall–Kier alpha value is -0.370. The predicted molar refractivity (Wildman–Crippen MR) is 40.4 cm³/mol. The van der Waals surface area contributed by atoms with Gasteiger partial charge in [0.25, 0.3) is 0 Å². The molecule has 0 aromatic rings. The van der Waals surface area contributed by atoms with Gasteiger partial charge in [-0.05, 0) is 25.3 Å². The number of aliphatic hydroxyl groups is 1. The first kappa shape index (κ1) is 9.63. The van der Waals surface area contributed by atoms with Crippen LogP contribution in [-0.4, -0.2) is 11.7 Å². The van der Waals surface area contributed by atoms with Gasteiger partial charge in [0.1, 0.15) is 5.83 Å². The van der Waals surface area contributed by atoms with Crippen LogP contribution in [0.1, 0.15) is 33.1 Å². The lowest BCUT2D eigenvalue weighted by Crippen LogP contribution is -1.88. The molecule has 0 aromatic heterocycles. The number of aliphatic hydroxyl groups excluding tert-OH is 1. The first-order valence-corrected chi connectivity index (χ1v) is 3.67. The molecule has 10 heavy (non-hydrogen) atoms. The Morgan fingerprint density at radius 3 is 2.50 bits per heavy atom. The highest BCUT2D eigenvalue weighted by Crippen LogP contribution is 2.11. The topological polar surface area (TPSA) is 20.2 Å². The molecule has 0 radical (unpaired) electrons. The minimum absolute atomic E-state index is 0.367. The summed E-state index contributed by atoms with van der Waals surface area (Å²) in [5.74, 6) is -0.367. The Balaban J connectivity index is 3.68. The largest absolute Gasteiger partial charge is 0.389 e. The standard InChI is InChI=1S/C8H15FO/c1-3-4-5-7(2)8(9)6-10/h10H,3-6H2,1-2H3/b8-7+. The Bertz CT molecular complexity index is 118. The maximum Gasteiger partial charge on any atom is 0.124 e. The van der Waals surface area contributed by atoms with Gasteiger partial charge in [-0.1, -0.05) is 13.3 Å². The van der Waals surface area contributed by atoms with Crippen LogP contribution in [0.15, 0.2) is 11.4 Å². The summed E-state index contributed by atoms with van der Waals surface area (Å²) in [5, 5.41) is 8.37. The second-order valence-electron chi connectivity index (χ2n) is 2.45. The fraction of sp³-hybridized carbons (Fsp3) is 0.750. The first-order valence-electron chi connectivity index (χ1n) is 3.67. The Morgan fingerprint density at radius 1 is 1.50 bits per heavy atom. The van der Waals surface area contributed by atoms with Crippen LogP contribution in [0.4, 0.5) is 4.39 Å². The average Bonchev–Trinajstić information content (AvgIpc) is 1.98. The quantitative estimate of drug-likeness (QED) is 0.645. The molecule has 0 saturated heterocycles. The van der Waals surface area contributed by atoms with Gasteiger partial charge in [0, 0.05) is 0 Å². The molecule has 0 aliphatic carbocycles. The minimum Gasteiger partial charge on any atom is -0.389 e. The normalized spacial score (nSPS) is 13.2. The van der Waals surface area contributed by atoms with E-state index in [1.165, 1.54) is 0 Å². The van der Waals surface area contributed by atoms with E-state index in [2.05, 4.69) is 6.92 Å². The summed E-state index contributed by atoms with van der Waals surface area (Å²) in [5.41, 5.74) is 0.685. The van der Waals surface area contributed by atoms with E-state index < -0.39 is 6.61 Å². The van der Waals surface area contributed by atoms with E-state index in [0.717, 1.165) is 19.3 Å². The van der Waals surface area contributed by atoms with Crippen LogP contribution < -0.4 is 0 Å². The number of hydrogen-bond acceptors (Lipinski definition) is 1. The molecule has 1 N–H and O–H groups in total. The zero-order chi connectivity index (χ0) is 7.98. The number of allylic oxidation sites excluding steroid dienone is 1. The van der Waals surface area contributed by atoms with Gasteiger partial charge < -0.3 is 5.11 Å². The van der Waals surface area contributed by atoms with Crippen molar-refractivity contribution in [3.8, 4) is 0 Å². The predicted octanol–water partition coefficient (Wildman–Crippen LogP) is 2.41. The van der Waals surface area contributed by atoms with Gasteiger partial charge in [-0.3, -0.25) is 0 Å². The summed E-state index contributed by atoms with van der Waals surface area (Å²) >= 11 is 0. The van der Waals surface area contributed by atoms with Crippen molar-refractivity contribution in [2.24, 2.45) is 0 Å². The zero-order valence-corrected chi connectivity index (χ0v) is 6.65. The van der Waals surface area contributed by atoms with Crippen LogP contribution in [0.2, 0.25) is 0 Å². The molecule has 0 rings (SSSR count). The highest BCUT2D eigenvalue weighted by atomic mass is 19.1. The molecule has 0 heterocycles. The summed E-state index contributed by atoms with van der Waals surface area (Å²) in [6.45, 7) is 3.33. The van der Waals surface area contributed by atoms with Crippen LogP contribution in [0.25, 0.3) is 0 Å². The SMILES string of the molecule is CCCC/C(C)=C(/F)CO. The second kappa shape index (κ2) is 5.42. The Morgan fingerprint density at radius 2 is 2.10 bits per heavy atom. The van der Waals surface area contributed by atoms with Gasteiger partial charge in [-0.2, -0.15) is 0 Å². The maximum atomic E-state index is 12.5. The molecule has 0 aliphatic rings. The molecule has 0 aliphatic heterocycles. The highest BCUT2D eigenvalue weighted by Gasteiger charge is 1.97. The molecule has 0 saturated carbocycles. The van der Waals surface area contributed by atoms with Crippen molar-refractivity contribution in [3.05, 3.63) is 11.4 Å². The fourth-order valence-electron chi connectivity index (χ4n) is 0.713. The average molecular weight is 146 g/mol. The summed E-state index contributed by atoms with van der Waals surface area (Å²) in [6.07, 6.45) is 2.83. The van der Waals surface area contributed by atoms with Gasteiger partial charge in [0.05, 0.1) is 6.61 Å². The zero-order valence-electron chi connectivity index (χ0n) is 6.65. The van der Waals surface area contributed by atoms with Crippen LogP contribution >= 0.6 is 0 Å². The van der Waals surface area contributed by atoms with Crippen molar-refractivity contribution in [1.29, 1.82) is 0 Å². The van der Waals surface area contributed by atoms with E-state index in [1.54, 1.807) is 6.92 Å². The number of hydrogen-bond donors (Lipinski definition) is 1. The van der Waals surface area contributed by atoms with Crippen molar-refractivity contribution in [2.45, 2.75) is 33.1 Å². The third kappa shape index (κ3) is 3.62. The third-order valence-electron chi connectivity index (χ3n) is 1.51. The lowest BCUT2D eigenvalue weighted by Gasteiger charge is -1.99. The lowest BCUT2D eigenvalue weighted by atomic mass is 10.1. The monoisotopic (exact) mass is 146 g/mol. The molecule has 0 aromatic carbocycles. The summed E-state index contributed by atoms with van der Waals surface area (Å²) < 4.78 is 12.5. The van der Waals surface area contributed by atoms with Crippen molar-refractivity contribution >= 4 is 0 Å². The van der Waals surface area contributed by atoms with Crippen molar-refractivity contribution < 1.29 is 9.50 Å². The molecule has 0 spiro atoms. The second-order valence-corrected chi connectivity index (χ2v) is 2.45. The lowest BCUT2D eigenvalue weighted by molar-refractivity contribution is 0.295. The molecule has 0 atom stereocenters. The smallest absolute Gasteiger partial charge is 0.124 e. The number of rotatable bonds is 4. The molecular formula is C8H15FO. The summed E-state index contributed by atoms with van der Waals surface area (Å²) in [7, 11) is 0. The van der Waals surface area contributed by atoms with Crippen LogP contribution in [0.3, 0.4) is 0 Å². The molecule has 0 bridgehead atoms. The highest BCUT2D eigenvalue weighted by molar-refractivity contribution is 5.04. The summed E-state index contributed by atoms with van der Waals surface area (Å²) in [6, 6.07) is 0. The molecule has 0 fully saturated rings. The molecule has 1 nitrogen and oxygen atoms in total. The van der Waals surface area contributed by atoms with Crippen LogP contribution in [0, 0.1) is 0 Å². The molecule has 0 unspecified atom stereocenters. The molecule has 60 valence electrons. The van der Waals surface area contributed by atoms with E-state index in [9.17, 15) is 4.39 Å². The van der Waals surface area contributed by atoms with Crippen molar-refractivity contribution in [1.82, 2.24) is 0 Å². The maximum absolute atomic E-state index is 12.5.